The highest BCUT2D eigenvalue weighted by Gasteiger charge is 2.33. The van der Waals surface area contributed by atoms with Crippen LogP contribution in [0.25, 0.3) is 17.4 Å². The Labute approximate surface area is 244 Å². The van der Waals surface area contributed by atoms with Crippen LogP contribution in [0.5, 0.6) is 5.75 Å². The van der Waals surface area contributed by atoms with Crippen LogP contribution in [0.4, 0.5) is 11.4 Å². The Bertz CT molecular complexity index is 1900. The number of fused-ring (bicyclic) bond motifs is 1. The Morgan fingerprint density at radius 3 is 2.57 bits per heavy atom. The van der Waals surface area contributed by atoms with E-state index in [9.17, 15) is 19.7 Å². The summed E-state index contributed by atoms with van der Waals surface area (Å²) in [5, 5.41) is 11.7. The van der Waals surface area contributed by atoms with Gasteiger partial charge < -0.3 is 18.8 Å². The SMILES string of the molecule is CCOC(=O)C1=C(C)N=c2s/c(=C\c3ccc(-c4ccc(OC)cc4[N+](=O)[O-])o3)c(=O)n2[C@H]1c1ccc(N(C)C)cc1. The van der Waals surface area contributed by atoms with Crippen molar-refractivity contribution < 1.29 is 23.6 Å². The van der Waals surface area contributed by atoms with Gasteiger partial charge in [-0.3, -0.25) is 19.5 Å². The quantitative estimate of drug-likeness (QED) is 0.171. The number of anilines is 1. The van der Waals surface area contributed by atoms with E-state index in [1.165, 1.54) is 17.7 Å². The maximum Gasteiger partial charge on any atom is 0.338 e. The molecule has 0 radical (unpaired) electrons. The topological polar surface area (TPSA) is 129 Å². The van der Waals surface area contributed by atoms with Gasteiger partial charge in [0, 0.05) is 25.9 Å². The lowest BCUT2D eigenvalue weighted by Gasteiger charge is -2.25. The maximum absolute atomic E-state index is 13.9. The van der Waals surface area contributed by atoms with Crippen molar-refractivity contribution in [2.75, 3.05) is 32.7 Å². The van der Waals surface area contributed by atoms with E-state index in [4.69, 9.17) is 13.9 Å². The Balaban J connectivity index is 1.62. The summed E-state index contributed by atoms with van der Waals surface area (Å²) in [6.07, 6.45) is 1.57. The summed E-state index contributed by atoms with van der Waals surface area (Å²) < 4.78 is 18.2. The largest absolute Gasteiger partial charge is 0.497 e. The number of nitrogens with zero attached hydrogens (tertiary/aromatic N) is 4. The van der Waals surface area contributed by atoms with Crippen LogP contribution >= 0.6 is 11.3 Å². The first kappa shape index (κ1) is 28.6. The summed E-state index contributed by atoms with van der Waals surface area (Å²) in [7, 11) is 5.29. The Morgan fingerprint density at radius 1 is 1.19 bits per heavy atom. The van der Waals surface area contributed by atoms with Gasteiger partial charge in [0.1, 0.15) is 17.3 Å². The molecular formula is C30H28N4O7S. The van der Waals surface area contributed by atoms with Gasteiger partial charge in [-0.15, -0.1) is 0 Å². The van der Waals surface area contributed by atoms with Gasteiger partial charge in [-0.25, -0.2) is 9.79 Å². The number of ether oxygens (including phenoxy) is 2. The molecule has 12 heteroatoms. The highest BCUT2D eigenvalue weighted by molar-refractivity contribution is 7.07. The van der Waals surface area contributed by atoms with Crippen LogP contribution in [0.3, 0.4) is 0 Å². The zero-order valence-electron chi connectivity index (χ0n) is 23.6. The summed E-state index contributed by atoms with van der Waals surface area (Å²) >= 11 is 1.16. The van der Waals surface area contributed by atoms with Gasteiger partial charge in [0.2, 0.25) is 0 Å². The molecule has 1 aliphatic heterocycles. The number of methoxy groups -OCH3 is 1. The van der Waals surface area contributed by atoms with Gasteiger partial charge in [0.05, 0.1) is 52.1 Å². The molecule has 0 N–H and O–H groups in total. The van der Waals surface area contributed by atoms with Crippen molar-refractivity contribution in [3.63, 3.8) is 0 Å². The van der Waals surface area contributed by atoms with E-state index in [-0.39, 0.29) is 29.2 Å². The Morgan fingerprint density at radius 2 is 1.93 bits per heavy atom. The van der Waals surface area contributed by atoms with Crippen LogP contribution in [0.2, 0.25) is 0 Å². The molecule has 3 heterocycles. The van der Waals surface area contributed by atoms with Crippen LogP contribution in [0.1, 0.15) is 31.2 Å². The summed E-state index contributed by atoms with van der Waals surface area (Å²) in [5.41, 5.74) is 2.21. The average Bonchev–Trinajstić information content (AvgIpc) is 3.56. The lowest BCUT2D eigenvalue weighted by atomic mass is 9.95. The van der Waals surface area contributed by atoms with E-state index in [2.05, 4.69) is 4.99 Å². The summed E-state index contributed by atoms with van der Waals surface area (Å²) in [6, 6.07) is 14.6. The van der Waals surface area contributed by atoms with Crippen LogP contribution in [0.15, 0.2) is 80.1 Å². The second kappa shape index (κ2) is 11.5. The Hall–Kier alpha value is -4.97. The zero-order valence-corrected chi connectivity index (χ0v) is 24.4. The molecule has 0 aliphatic carbocycles. The average molecular weight is 589 g/mol. The molecule has 216 valence electrons. The smallest absolute Gasteiger partial charge is 0.338 e. The first-order valence-corrected chi connectivity index (χ1v) is 13.8. The van der Waals surface area contributed by atoms with Crippen LogP contribution in [-0.4, -0.2) is 43.3 Å². The van der Waals surface area contributed by atoms with Crippen molar-refractivity contribution in [3.05, 3.63) is 107 Å². The number of benzene rings is 2. The Kier molecular flexibility index (Phi) is 7.81. The molecule has 2 aromatic heterocycles. The highest BCUT2D eigenvalue weighted by atomic mass is 32.1. The van der Waals surface area contributed by atoms with E-state index in [1.54, 1.807) is 44.2 Å². The molecule has 5 rings (SSSR count). The van der Waals surface area contributed by atoms with Crippen LogP contribution < -0.4 is 24.5 Å². The monoisotopic (exact) mass is 588 g/mol. The molecule has 2 aromatic carbocycles. The predicted molar refractivity (Wildman–Crippen MR) is 159 cm³/mol. The van der Waals surface area contributed by atoms with Crippen molar-refractivity contribution in [1.29, 1.82) is 0 Å². The fourth-order valence-corrected chi connectivity index (χ4v) is 5.79. The fraction of sp³-hybridized carbons (Fsp3) is 0.233. The van der Waals surface area contributed by atoms with Crippen molar-refractivity contribution >= 4 is 34.8 Å². The van der Waals surface area contributed by atoms with E-state index in [1.807, 2.05) is 43.3 Å². The van der Waals surface area contributed by atoms with Crippen molar-refractivity contribution in [3.8, 4) is 17.1 Å². The van der Waals surface area contributed by atoms with Crippen molar-refractivity contribution in [2.45, 2.75) is 19.9 Å². The van der Waals surface area contributed by atoms with Crippen molar-refractivity contribution in [2.24, 2.45) is 4.99 Å². The number of hydrogen-bond donors (Lipinski definition) is 0. The van der Waals surface area contributed by atoms with Gasteiger partial charge >= 0.3 is 5.97 Å². The maximum atomic E-state index is 13.9. The number of allylic oxidation sites excluding steroid dienone is 1. The number of thiazole rings is 1. The fourth-order valence-electron chi connectivity index (χ4n) is 4.76. The number of furan rings is 1. The van der Waals surface area contributed by atoms with Crippen LogP contribution in [0, 0.1) is 10.1 Å². The first-order valence-electron chi connectivity index (χ1n) is 13.0. The van der Waals surface area contributed by atoms with Crippen LogP contribution in [-0.2, 0) is 9.53 Å². The molecule has 0 fully saturated rings. The number of hydrogen-bond acceptors (Lipinski definition) is 10. The van der Waals surface area contributed by atoms with Crippen molar-refractivity contribution in [1.82, 2.24) is 4.57 Å². The third-order valence-corrected chi connectivity index (χ3v) is 7.79. The molecule has 0 saturated heterocycles. The van der Waals surface area contributed by atoms with E-state index >= 15 is 0 Å². The van der Waals surface area contributed by atoms with Gasteiger partial charge in [0.25, 0.3) is 11.2 Å². The highest BCUT2D eigenvalue weighted by Crippen LogP contribution is 2.35. The zero-order chi connectivity index (χ0) is 30.1. The number of carbonyl (C=O) groups is 1. The first-order chi connectivity index (χ1) is 20.1. The van der Waals surface area contributed by atoms with E-state index in [0.717, 1.165) is 22.6 Å². The van der Waals surface area contributed by atoms with Gasteiger partial charge in [-0.1, -0.05) is 23.5 Å². The number of nitro benzene ring substituents is 1. The molecule has 0 spiro atoms. The van der Waals surface area contributed by atoms with Gasteiger partial charge in [0.15, 0.2) is 4.80 Å². The lowest BCUT2D eigenvalue weighted by Crippen LogP contribution is -2.39. The van der Waals surface area contributed by atoms with E-state index < -0.39 is 16.9 Å². The minimum atomic E-state index is -0.743. The van der Waals surface area contributed by atoms with E-state index in [0.29, 0.717) is 32.1 Å². The standard InChI is InChI=1S/C30H28N4O7S/c1-6-40-29(36)26-17(2)31-30-33(27(26)18-7-9-19(10-8-18)32(3)4)28(35)25(42-30)16-21-12-14-24(41-21)22-13-11-20(39-5)15-23(22)34(37)38/h7-16,27H,6H2,1-5H3/b25-16-/t27-/m0/s1. The normalized spacial score (nSPS) is 14.8. The number of aromatic nitrogens is 1. The van der Waals surface area contributed by atoms with Gasteiger partial charge in [-0.2, -0.15) is 0 Å². The third-order valence-electron chi connectivity index (χ3n) is 6.81. The molecule has 1 aliphatic rings. The molecular weight excluding hydrogens is 560 g/mol. The molecule has 0 saturated carbocycles. The summed E-state index contributed by atoms with van der Waals surface area (Å²) in [6.45, 7) is 3.63. The summed E-state index contributed by atoms with van der Waals surface area (Å²) in [5.74, 6) is 0.407. The second-order valence-electron chi connectivity index (χ2n) is 9.63. The minimum absolute atomic E-state index is 0.170. The lowest BCUT2D eigenvalue weighted by molar-refractivity contribution is -0.384. The number of nitro groups is 1. The molecule has 0 unspecified atom stereocenters. The third kappa shape index (κ3) is 5.23. The predicted octanol–water partition coefficient (Wildman–Crippen LogP) is 4.04. The molecule has 0 amide bonds. The molecule has 0 bridgehead atoms. The second-order valence-corrected chi connectivity index (χ2v) is 10.6. The number of esters is 1. The number of rotatable bonds is 8. The molecule has 42 heavy (non-hydrogen) atoms. The summed E-state index contributed by atoms with van der Waals surface area (Å²) in [4.78, 5) is 45.1. The minimum Gasteiger partial charge on any atom is -0.497 e. The molecule has 4 aromatic rings. The molecule has 11 nitrogen and oxygen atoms in total. The van der Waals surface area contributed by atoms with Gasteiger partial charge in [-0.05, 0) is 55.8 Å². The number of carbonyl (C=O) groups excluding carboxylic acids is 1. The molecule has 1 atom stereocenters.